The lowest BCUT2D eigenvalue weighted by atomic mass is 10.1. The second-order valence-corrected chi connectivity index (χ2v) is 6.37. The van der Waals surface area contributed by atoms with Crippen LogP contribution in [0.4, 0.5) is 0 Å². The summed E-state index contributed by atoms with van der Waals surface area (Å²) in [5, 5.41) is 0. The van der Waals surface area contributed by atoms with Crippen molar-refractivity contribution in [2.24, 2.45) is 0 Å². The maximum absolute atomic E-state index is 12.4. The van der Waals surface area contributed by atoms with E-state index < -0.39 is 10.8 Å². The Labute approximate surface area is 121 Å². The van der Waals surface area contributed by atoms with Gasteiger partial charge in [-0.05, 0) is 37.1 Å². The van der Waals surface area contributed by atoms with Crippen molar-refractivity contribution in [1.29, 1.82) is 0 Å². The summed E-state index contributed by atoms with van der Waals surface area (Å²) < 4.78 is 12.8. The van der Waals surface area contributed by atoms with E-state index in [1.165, 1.54) is 0 Å². The fourth-order valence-electron chi connectivity index (χ4n) is 1.71. The maximum Gasteiger partial charge on any atom is 0.113 e. The Morgan fingerprint density at radius 2 is 1.58 bits per heavy atom. The highest BCUT2D eigenvalue weighted by molar-refractivity contribution is 7.91. The number of halogens is 1. The highest BCUT2D eigenvalue weighted by atomic mass is 35.5. The lowest BCUT2D eigenvalue weighted by Crippen LogP contribution is -1.94. The van der Waals surface area contributed by atoms with Gasteiger partial charge in [0.1, 0.15) is 4.36 Å². The van der Waals surface area contributed by atoms with Crippen LogP contribution in [0.15, 0.2) is 63.9 Å². The van der Waals surface area contributed by atoms with Crippen molar-refractivity contribution in [1.82, 2.24) is 0 Å². The molecule has 19 heavy (non-hydrogen) atoms. The molecule has 2 rings (SSSR count). The lowest BCUT2D eigenvalue weighted by Gasteiger charge is -2.06. The molecule has 98 valence electrons. The molecule has 0 amide bonds. The summed E-state index contributed by atoms with van der Waals surface area (Å²) in [5.74, 6) is 0. The molecule has 0 bridgehead atoms. The Hall–Kier alpha value is -1.38. The predicted molar refractivity (Wildman–Crippen MR) is 82.5 cm³/mol. The maximum atomic E-state index is 12.4. The van der Waals surface area contributed by atoms with E-state index >= 15 is 0 Å². The van der Waals surface area contributed by atoms with Crippen LogP contribution in [0.3, 0.4) is 0 Å². The molecular formula is C16H15ClOS. The number of hydrogen-bond acceptors (Lipinski definition) is 1. The van der Waals surface area contributed by atoms with Crippen molar-refractivity contribution in [2.45, 2.75) is 18.7 Å². The number of rotatable bonds is 3. The molecule has 2 aromatic rings. The third-order valence-corrected chi connectivity index (χ3v) is 4.94. The van der Waals surface area contributed by atoms with E-state index in [4.69, 9.17) is 11.6 Å². The molecule has 0 saturated carbocycles. The third kappa shape index (κ3) is 3.34. The van der Waals surface area contributed by atoms with Crippen LogP contribution >= 0.6 is 11.6 Å². The van der Waals surface area contributed by atoms with Crippen LogP contribution in [0, 0.1) is 6.92 Å². The van der Waals surface area contributed by atoms with Crippen LogP contribution in [0.1, 0.15) is 18.1 Å². The zero-order chi connectivity index (χ0) is 13.8. The SMILES string of the molecule is C/C(=C(\Cl)S(=O)c1ccc(C)cc1)c1ccccc1. The summed E-state index contributed by atoms with van der Waals surface area (Å²) >= 11 is 6.27. The normalized spacial score (nSPS) is 13.8. The van der Waals surface area contributed by atoms with Gasteiger partial charge in [0.05, 0.1) is 10.8 Å². The fourth-order valence-corrected chi connectivity index (χ4v) is 3.07. The minimum Gasteiger partial charge on any atom is -0.248 e. The molecule has 0 spiro atoms. The first-order chi connectivity index (χ1) is 9.09. The van der Waals surface area contributed by atoms with Gasteiger partial charge < -0.3 is 0 Å². The zero-order valence-electron chi connectivity index (χ0n) is 10.9. The van der Waals surface area contributed by atoms with Crippen molar-refractivity contribution in [3.63, 3.8) is 0 Å². The summed E-state index contributed by atoms with van der Waals surface area (Å²) in [7, 11) is -1.32. The Morgan fingerprint density at radius 1 is 1.00 bits per heavy atom. The average Bonchev–Trinajstić information content (AvgIpc) is 2.46. The van der Waals surface area contributed by atoms with Crippen molar-refractivity contribution in [2.75, 3.05) is 0 Å². The molecule has 0 aromatic heterocycles. The minimum atomic E-state index is -1.32. The zero-order valence-corrected chi connectivity index (χ0v) is 12.5. The molecular weight excluding hydrogens is 276 g/mol. The Morgan fingerprint density at radius 3 is 2.16 bits per heavy atom. The molecule has 0 N–H and O–H groups in total. The first-order valence-corrected chi connectivity index (χ1v) is 7.52. The standard InChI is InChI=1S/C16H15ClOS/c1-12-8-10-15(11-9-12)19(18)16(17)13(2)14-6-4-3-5-7-14/h3-11H,1-2H3/b16-13-. The van der Waals surface area contributed by atoms with Crippen molar-refractivity contribution in [3.05, 3.63) is 70.1 Å². The molecule has 2 aromatic carbocycles. The molecule has 0 fully saturated rings. The number of benzene rings is 2. The smallest absolute Gasteiger partial charge is 0.113 e. The quantitative estimate of drug-likeness (QED) is 0.798. The molecule has 0 radical (unpaired) electrons. The van der Waals surface area contributed by atoms with E-state index in [2.05, 4.69) is 0 Å². The molecule has 0 heterocycles. The summed E-state index contributed by atoms with van der Waals surface area (Å²) in [6.45, 7) is 3.89. The van der Waals surface area contributed by atoms with Crippen LogP contribution in [0.5, 0.6) is 0 Å². The van der Waals surface area contributed by atoms with Gasteiger partial charge in [-0.15, -0.1) is 0 Å². The Kier molecular flexibility index (Phi) is 4.56. The van der Waals surface area contributed by atoms with Crippen LogP contribution in [0.2, 0.25) is 0 Å². The van der Waals surface area contributed by atoms with E-state index in [1.807, 2.05) is 68.4 Å². The molecule has 0 aliphatic carbocycles. The van der Waals surface area contributed by atoms with Crippen molar-refractivity contribution in [3.8, 4) is 0 Å². The summed E-state index contributed by atoms with van der Waals surface area (Å²) in [4.78, 5) is 0.728. The number of aryl methyl sites for hydroxylation is 1. The van der Waals surface area contributed by atoms with Gasteiger partial charge in [-0.3, -0.25) is 0 Å². The van der Waals surface area contributed by atoms with Gasteiger partial charge in [-0.1, -0.05) is 59.6 Å². The van der Waals surface area contributed by atoms with E-state index in [0.717, 1.165) is 21.6 Å². The first kappa shape index (κ1) is 14.0. The fraction of sp³-hybridized carbons (Fsp3) is 0.125. The van der Waals surface area contributed by atoms with Gasteiger partial charge in [0.25, 0.3) is 0 Å². The number of allylic oxidation sites excluding steroid dienone is 1. The van der Waals surface area contributed by atoms with Crippen LogP contribution in [-0.2, 0) is 10.8 Å². The minimum absolute atomic E-state index is 0.384. The second-order valence-electron chi connectivity index (χ2n) is 4.35. The molecule has 0 aliphatic heterocycles. The van der Waals surface area contributed by atoms with E-state index in [0.29, 0.717) is 4.36 Å². The summed E-state index contributed by atoms with van der Waals surface area (Å²) in [6, 6.07) is 17.3. The Balaban J connectivity index is 2.35. The molecule has 1 nitrogen and oxygen atoms in total. The summed E-state index contributed by atoms with van der Waals surface area (Å²) in [5.41, 5.74) is 2.98. The van der Waals surface area contributed by atoms with Gasteiger partial charge in [0.2, 0.25) is 0 Å². The van der Waals surface area contributed by atoms with E-state index in [-0.39, 0.29) is 0 Å². The van der Waals surface area contributed by atoms with Gasteiger partial charge in [-0.2, -0.15) is 0 Å². The molecule has 0 saturated heterocycles. The van der Waals surface area contributed by atoms with Crippen LogP contribution < -0.4 is 0 Å². The highest BCUT2D eigenvalue weighted by Crippen LogP contribution is 2.27. The Bertz CT molecular complexity index is 615. The van der Waals surface area contributed by atoms with Crippen molar-refractivity contribution < 1.29 is 4.21 Å². The molecule has 1 unspecified atom stereocenters. The second kappa shape index (κ2) is 6.18. The van der Waals surface area contributed by atoms with Gasteiger partial charge in [0, 0.05) is 4.90 Å². The first-order valence-electron chi connectivity index (χ1n) is 6.00. The van der Waals surface area contributed by atoms with Crippen LogP contribution in [-0.4, -0.2) is 4.21 Å². The van der Waals surface area contributed by atoms with E-state index in [9.17, 15) is 4.21 Å². The largest absolute Gasteiger partial charge is 0.248 e. The van der Waals surface area contributed by atoms with Crippen molar-refractivity contribution >= 4 is 28.0 Å². The molecule has 1 atom stereocenters. The van der Waals surface area contributed by atoms with E-state index in [1.54, 1.807) is 0 Å². The topological polar surface area (TPSA) is 17.1 Å². The molecule has 0 aliphatic rings. The average molecular weight is 291 g/mol. The van der Waals surface area contributed by atoms with Crippen LogP contribution in [0.25, 0.3) is 5.57 Å². The van der Waals surface area contributed by atoms with Gasteiger partial charge in [-0.25, -0.2) is 4.21 Å². The monoisotopic (exact) mass is 290 g/mol. The predicted octanol–water partition coefficient (Wildman–Crippen LogP) is 4.73. The lowest BCUT2D eigenvalue weighted by molar-refractivity contribution is 0.688. The van der Waals surface area contributed by atoms with Gasteiger partial charge >= 0.3 is 0 Å². The highest BCUT2D eigenvalue weighted by Gasteiger charge is 2.12. The third-order valence-electron chi connectivity index (χ3n) is 2.90. The van der Waals surface area contributed by atoms with Gasteiger partial charge in [0.15, 0.2) is 0 Å². The number of hydrogen-bond donors (Lipinski definition) is 0. The molecule has 3 heteroatoms. The summed E-state index contributed by atoms with van der Waals surface area (Å²) in [6.07, 6.45) is 0.